The van der Waals surface area contributed by atoms with E-state index in [0.717, 1.165) is 37.4 Å². The predicted octanol–water partition coefficient (Wildman–Crippen LogP) is 2.27. The lowest BCUT2D eigenvalue weighted by Gasteiger charge is -2.37. The molecule has 3 heterocycles. The summed E-state index contributed by atoms with van der Waals surface area (Å²) in [5.41, 5.74) is 2.14. The molecule has 2 fully saturated rings. The van der Waals surface area contributed by atoms with Gasteiger partial charge in [0.05, 0.1) is 19.4 Å². The number of rotatable bonds is 3. The summed E-state index contributed by atoms with van der Waals surface area (Å²) in [4.78, 5) is 6.80. The number of aromatic nitrogens is 3. The summed E-state index contributed by atoms with van der Waals surface area (Å²) in [6.07, 6.45) is 3.39. The van der Waals surface area contributed by atoms with Gasteiger partial charge in [0.15, 0.2) is 11.6 Å². The molecule has 2 aliphatic heterocycles. The van der Waals surface area contributed by atoms with Gasteiger partial charge in [-0.25, -0.2) is 0 Å². The van der Waals surface area contributed by atoms with Crippen molar-refractivity contribution in [2.24, 2.45) is 0 Å². The fraction of sp³-hybridized carbons (Fsp3) is 0.471. The Balaban J connectivity index is 1.45. The summed E-state index contributed by atoms with van der Waals surface area (Å²) in [6.45, 7) is 5.11. The molecular weight excluding hydrogens is 306 g/mol. The van der Waals surface area contributed by atoms with Crippen molar-refractivity contribution in [3.05, 3.63) is 36.0 Å². The number of piperidine rings is 1. The summed E-state index contributed by atoms with van der Waals surface area (Å²) < 4.78 is 11.5. The number of hydrogen-bond acceptors (Lipinski definition) is 7. The van der Waals surface area contributed by atoms with Crippen molar-refractivity contribution in [3.63, 3.8) is 0 Å². The van der Waals surface area contributed by atoms with E-state index in [1.165, 1.54) is 5.56 Å². The van der Waals surface area contributed by atoms with Crippen molar-refractivity contribution < 1.29 is 9.47 Å². The maximum absolute atomic E-state index is 5.77. The predicted molar refractivity (Wildman–Crippen MR) is 90.4 cm³/mol. The van der Waals surface area contributed by atoms with Gasteiger partial charge in [0.1, 0.15) is 0 Å². The summed E-state index contributed by atoms with van der Waals surface area (Å²) in [5, 5.41) is 11.4. The number of anilines is 3. The highest BCUT2D eigenvalue weighted by Crippen LogP contribution is 2.32. The van der Waals surface area contributed by atoms with E-state index in [1.807, 2.05) is 12.1 Å². The van der Waals surface area contributed by atoms with Crippen molar-refractivity contribution in [2.45, 2.75) is 25.6 Å². The quantitative estimate of drug-likeness (QED) is 0.927. The first-order chi connectivity index (χ1) is 11.7. The average Bonchev–Trinajstić information content (AvgIpc) is 3.04. The SMILES string of the molecule is Cc1cccc(Nc2nncc(N3CCC4(CC3)OCCO4)n2)c1. The van der Waals surface area contributed by atoms with Crippen LogP contribution in [0.4, 0.5) is 17.5 Å². The van der Waals surface area contributed by atoms with Crippen molar-refractivity contribution in [3.8, 4) is 0 Å². The highest BCUT2D eigenvalue weighted by atomic mass is 16.7. The number of nitrogens with one attached hydrogen (secondary N) is 1. The molecule has 7 heteroatoms. The van der Waals surface area contributed by atoms with Crippen LogP contribution in [0.3, 0.4) is 0 Å². The van der Waals surface area contributed by atoms with E-state index in [-0.39, 0.29) is 5.79 Å². The fourth-order valence-corrected chi connectivity index (χ4v) is 3.21. The van der Waals surface area contributed by atoms with E-state index >= 15 is 0 Å². The van der Waals surface area contributed by atoms with Gasteiger partial charge in [-0.05, 0) is 24.6 Å². The summed E-state index contributed by atoms with van der Waals surface area (Å²) in [7, 11) is 0. The average molecular weight is 327 g/mol. The van der Waals surface area contributed by atoms with Crippen LogP contribution < -0.4 is 10.2 Å². The Bertz CT molecular complexity index is 708. The highest BCUT2D eigenvalue weighted by Gasteiger charge is 2.40. The topological polar surface area (TPSA) is 72.4 Å². The Morgan fingerprint density at radius 2 is 1.96 bits per heavy atom. The third kappa shape index (κ3) is 3.18. The zero-order chi connectivity index (χ0) is 16.4. The Kier molecular flexibility index (Phi) is 4.03. The molecule has 0 unspecified atom stereocenters. The summed E-state index contributed by atoms with van der Waals surface area (Å²) in [6, 6.07) is 8.09. The molecule has 0 amide bonds. The molecule has 4 rings (SSSR count). The largest absolute Gasteiger partial charge is 0.355 e. The zero-order valence-electron chi connectivity index (χ0n) is 13.7. The second-order valence-corrected chi connectivity index (χ2v) is 6.23. The molecule has 2 aliphatic rings. The first-order valence-corrected chi connectivity index (χ1v) is 8.29. The molecule has 0 aliphatic carbocycles. The van der Waals surface area contributed by atoms with E-state index in [1.54, 1.807) is 6.20 Å². The minimum atomic E-state index is -0.375. The van der Waals surface area contributed by atoms with Gasteiger partial charge in [0.2, 0.25) is 5.95 Å². The van der Waals surface area contributed by atoms with Gasteiger partial charge in [-0.2, -0.15) is 10.1 Å². The van der Waals surface area contributed by atoms with E-state index < -0.39 is 0 Å². The van der Waals surface area contributed by atoms with E-state index in [9.17, 15) is 0 Å². The molecule has 1 N–H and O–H groups in total. The first kappa shape index (κ1) is 15.3. The van der Waals surface area contributed by atoms with E-state index in [0.29, 0.717) is 19.2 Å². The maximum atomic E-state index is 5.77. The van der Waals surface area contributed by atoms with Crippen LogP contribution in [0.1, 0.15) is 18.4 Å². The summed E-state index contributed by atoms with van der Waals surface area (Å²) >= 11 is 0. The number of aryl methyl sites for hydroxylation is 1. The molecule has 0 radical (unpaired) electrons. The molecule has 7 nitrogen and oxygen atoms in total. The van der Waals surface area contributed by atoms with Gasteiger partial charge in [-0.3, -0.25) is 0 Å². The number of nitrogens with zero attached hydrogens (tertiary/aromatic N) is 4. The Hall–Kier alpha value is -2.25. The molecule has 1 aromatic heterocycles. The normalized spacial score (nSPS) is 19.6. The Labute approximate surface area is 141 Å². The molecule has 0 saturated carbocycles. The summed E-state index contributed by atoms with van der Waals surface area (Å²) in [5.74, 6) is 0.958. The molecular formula is C17H21N5O2. The first-order valence-electron chi connectivity index (χ1n) is 8.29. The van der Waals surface area contributed by atoms with Crippen LogP contribution in [0.2, 0.25) is 0 Å². The van der Waals surface area contributed by atoms with Gasteiger partial charge in [-0.15, -0.1) is 5.10 Å². The standard InChI is InChI=1S/C17H21N5O2/c1-13-3-2-4-14(11-13)19-16-20-15(12-18-21-16)22-7-5-17(6-8-22)23-9-10-24-17/h2-4,11-12H,5-10H2,1H3,(H,19,20,21). The zero-order valence-corrected chi connectivity index (χ0v) is 13.7. The third-order valence-electron chi connectivity index (χ3n) is 4.48. The Morgan fingerprint density at radius 1 is 1.17 bits per heavy atom. The minimum absolute atomic E-state index is 0.375. The van der Waals surface area contributed by atoms with Crippen molar-refractivity contribution in [1.82, 2.24) is 15.2 Å². The van der Waals surface area contributed by atoms with Crippen LogP contribution >= 0.6 is 0 Å². The van der Waals surface area contributed by atoms with Crippen LogP contribution in [0, 0.1) is 6.92 Å². The molecule has 2 aromatic rings. The molecule has 0 bridgehead atoms. The lowest BCUT2D eigenvalue weighted by Crippen LogP contribution is -2.45. The minimum Gasteiger partial charge on any atom is -0.355 e. The second-order valence-electron chi connectivity index (χ2n) is 6.23. The molecule has 1 aromatic carbocycles. The van der Waals surface area contributed by atoms with E-state index in [4.69, 9.17) is 9.47 Å². The lowest BCUT2D eigenvalue weighted by molar-refractivity contribution is -0.169. The van der Waals surface area contributed by atoms with Crippen molar-refractivity contribution in [2.75, 3.05) is 36.5 Å². The van der Waals surface area contributed by atoms with Gasteiger partial charge in [0.25, 0.3) is 0 Å². The smallest absolute Gasteiger partial charge is 0.249 e. The van der Waals surface area contributed by atoms with Crippen molar-refractivity contribution in [1.29, 1.82) is 0 Å². The van der Waals surface area contributed by atoms with Crippen LogP contribution in [0.15, 0.2) is 30.5 Å². The van der Waals surface area contributed by atoms with Gasteiger partial charge in [-0.1, -0.05) is 12.1 Å². The van der Waals surface area contributed by atoms with Gasteiger partial charge < -0.3 is 19.7 Å². The van der Waals surface area contributed by atoms with Crippen LogP contribution in [0.25, 0.3) is 0 Å². The van der Waals surface area contributed by atoms with Gasteiger partial charge in [0, 0.05) is 31.6 Å². The number of hydrogen-bond donors (Lipinski definition) is 1. The third-order valence-corrected chi connectivity index (χ3v) is 4.48. The number of ether oxygens (including phenoxy) is 2. The second kappa shape index (κ2) is 6.33. The van der Waals surface area contributed by atoms with Crippen LogP contribution in [-0.4, -0.2) is 47.3 Å². The van der Waals surface area contributed by atoms with Crippen LogP contribution in [-0.2, 0) is 9.47 Å². The molecule has 0 atom stereocenters. The van der Waals surface area contributed by atoms with Gasteiger partial charge >= 0.3 is 0 Å². The molecule has 126 valence electrons. The lowest BCUT2D eigenvalue weighted by atomic mass is 10.0. The molecule has 24 heavy (non-hydrogen) atoms. The van der Waals surface area contributed by atoms with E-state index in [2.05, 4.69) is 44.5 Å². The monoisotopic (exact) mass is 327 g/mol. The van der Waals surface area contributed by atoms with Crippen molar-refractivity contribution >= 4 is 17.5 Å². The maximum Gasteiger partial charge on any atom is 0.249 e. The molecule has 2 saturated heterocycles. The van der Waals surface area contributed by atoms with Crippen LogP contribution in [0.5, 0.6) is 0 Å². The molecule has 1 spiro atoms. The Morgan fingerprint density at radius 3 is 2.71 bits per heavy atom. The highest BCUT2D eigenvalue weighted by molar-refractivity contribution is 5.55. The fourth-order valence-electron chi connectivity index (χ4n) is 3.21. The number of benzene rings is 1.